The molecular formula is C13H23N5O2. The number of aromatic nitrogens is 2. The van der Waals surface area contributed by atoms with Crippen LogP contribution in [0.2, 0.25) is 0 Å². The lowest BCUT2D eigenvalue weighted by Crippen LogP contribution is -2.15. The van der Waals surface area contributed by atoms with Gasteiger partial charge >= 0.3 is 5.69 Å². The molecule has 0 aliphatic rings. The maximum absolute atomic E-state index is 11.0. The Morgan fingerprint density at radius 1 is 1.30 bits per heavy atom. The molecule has 112 valence electrons. The van der Waals surface area contributed by atoms with E-state index in [1.165, 1.54) is 6.20 Å². The maximum Gasteiger partial charge on any atom is 0.329 e. The Kier molecular flexibility index (Phi) is 5.66. The quantitative estimate of drug-likeness (QED) is 0.589. The lowest BCUT2D eigenvalue weighted by Gasteiger charge is -2.18. The number of nitrogens with one attached hydrogen (secondary N) is 2. The molecule has 1 rings (SSSR count). The molecule has 0 bridgehead atoms. The van der Waals surface area contributed by atoms with Crippen molar-refractivity contribution in [1.82, 2.24) is 9.97 Å². The molecule has 2 N–H and O–H groups in total. The van der Waals surface area contributed by atoms with Gasteiger partial charge in [-0.05, 0) is 18.3 Å². The Hall–Kier alpha value is -1.92. The molecule has 0 spiro atoms. The van der Waals surface area contributed by atoms with Gasteiger partial charge in [-0.1, -0.05) is 27.7 Å². The van der Waals surface area contributed by atoms with Crippen molar-refractivity contribution in [3.63, 3.8) is 0 Å². The fraction of sp³-hybridized carbons (Fsp3) is 0.692. The molecule has 0 saturated carbocycles. The van der Waals surface area contributed by atoms with Gasteiger partial charge in [0.15, 0.2) is 0 Å². The van der Waals surface area contributed by atoms with Crippen LogP contribution in [0, 0.1) is 15.5 Å². The molecule has 20 heavy (non-hydrogen) atoms. The van der Waals surface area contributed by atoms with Crippen LogP contribution in [0.4, 0.5) is 17.5 Å². The summed E-state index contributed by atoms with van der Waals surface area (Å²) in [5.41, 5.74) is 0.0684. The fourth-order valence-electron chi connectivity index (χ4n) is 1.52. The summed E-state index contributed by atoms with van der Waals surface area (Å²) in [6, 6.07) is 0. The first kappa shape index (κ1) is 16.1. The molecule has 7 heteroatoms. The summed E-state index contributed by atoms with van der Waals surface area (Å²) in [6.45, 7) is 9.76. The van der Waals surface area contributed by atoms with Crippen LogP contribution in [0.3, 0.4) is 0 Å². The SMILES string of the molecule is CCCNc1ncc([N+](=O)[O-])c(NCCC(C)(C)C)n1. The van der Waals surface area contributed by atoms with Gasteiger partial charge in [0, 0.05) is 13.1 Å². The van der Waals surface area contributed by atoms with Crippen LogP contribution in [-0.4, -0.2) is 28.0 Å². The third-order valence-corrected chi connectivity index (χ3v) is 2.67. The van der Waals surface area contributed by atoms with Crippen LogP contribution in [0.5, 0.6) is 0 Å². The molecular weight excluding hydrogens is 258 g/mol. The van der Waals surface area contributed by atoms with Gasteiger partial charge < -0.3 is 10.6 Å². The first-order valence-corrected chi connectivity index (χ1v) is 6.82. The zero-order valence-electron chi connectivity index (χ0n) is 12.6. The molecule has 0 fully saturated rings. The van der Waals surface area contributed by atoms with Crippen LogP contribution < -0.4 is 10.6 Å². The highest BCUT2D eigenvalue weighted by atomic mass is 16.6. The molecule has 0 saturated heterocycles. The first-order valence-electron chi connectivity index (χ1n) is 6.82. The second-order valence-electron chi connectivity index (χ2n) is 5.85. The Morgan fingerprint density at radius 3 is 2.55 bits per heavy atom. The van der Waals surface area contributed by atoms with E-state index in [9.17, 15) is 10.1 Å². The summed E-state index contributed by atoms with van der Waals surface area (Å²) in [5, 5.41) is 17.0. The Labute approximate surface area is 119 Å². The highest BCUT2D eigenvalue weighted by molar-refractivity contribution is 5.56. The van der Waals surface area contributed by atoms with Gasteiger partial charge in [-0.15, -0.1) is 0 Å². The number of hydrogen-bond acceptors (Lipinski definition) is 6. The Balaban J connectivity index is 2.80. The van der Waals surface area contributed by atoms with Gasteiger partial charge in [-0.25, -0.2) is 4.98 Å². The predicted molar refractivity (Wildman–Crippen MR) is 80.0 cm³/mol. The van der Waals surface area contributed by atoms with E-state index < -0.39 is 4.92 Å². The zero-order chi connectivity index (χ0) is 15.2. The summed E-state index contributed by atoms with van der Waals surface area (Å²) >= 11 is 0. The third-order valence-electron chi connectivity index (χ3n) is 2.67. The van der Waals surface area contributed by atoms with E-state index >= 15 is 0 Å². The van der Waals surface area contributed by atoms with Crippen molar-refractivity contribution >= 4 is 17.5 Å². The zero-order valence-corrected chi connectivity index (χ0v) is 12.6. The van der Waals surface area contributed by atoms with Crippen molar-refractivity contribution in [1.29, 1.82) is 0 Å². The van der Waals surface area contributed by atoms with Crippen LogP contribution in [-0.2, 0) is 0 Å². The van der Waals surface area contributed by atoms with E-state index in [1.54, 1.807) is 0 Å². The Bertz CT molecular complexity index is 457. The number of nitro groups is 1. The van der Waals surface area contributed by atoms with E-state index in [2.05, 4.69) is 41.4 Å². The van der Waals surface area contributed by atoms with Crippen molar-refractivity contribution in [3.05, 3.63) is 16.3 Å². The molecule has 1 aromatic rings. The smallest absolute Gasteiger partial charge is 0.329 e. The lowest BCUT2D eigenvalue weighted by molar-refractivity contribution is -0.384. The molecule has 0 aliphatic heterocycles. The summed E-state index contributed by atoms with van der Waals surface area (Å²) < 4.78 is 0. The monoisotopic (exact) mass is 281 g/mol. The summed E-state index contributed by atoms with van der Waals surface area (Å²) in [4.78, 5) is 18.6. The number of rotatable bonds is 7. The Morgan fingerprint density at radius 2 is 2.00 bits per heavy atom. The van der Waals surface area contributed by atoms with Crippen molar-refractivity contribution in [2.45, 2.75) is 40.5 Å². The maximum atomic E-state index is 11.0. The predicted octanol–water partition coefficient (Wildman–Crippen LogP) is 3.05. The molecule has 0 atom stereocenters. The van der Waals surface area contributed by atoms with Gasteiger partial charge in [0.05, 0.1) is 4.92 Å². The minimum absolute atomic E-state index is 0.0963. The first-order chi connectivity index (χ1) is 9.33. The molecule has 1 heterocycles. The second-order valence-corrected chi connectivity index (χ2v) is 5.85. The third kappa shape index (κ3) is 5.38. The lowest BCUT2D eigenvalue weighted by atomic mass is 9.92. The van der Waals surface area contributed by atoms with Gasteiger partial charge in [0.1, 0.15) is 6.20 Å². The van der Waals surface area contributed by atoms with Crippen LogP contribution in [0.25, 0.3) is 0 Å². The number of anilines is 2. The average Bonchev–Trinajstić information content (AvgIpc) is 2.34. The van der Waals surface area contributed by atoms with E-state index in [0.29, 0.717) is 12.5 Å². The summed E-state index contributed by atoms with van der Waals surface area (Å²) in [5.74, 6) is 0.684. The van der Waals surface area contributed by atoms with Crippen molar-refractivity contribution in [3.8, 4) is 0 Å². The molecule has 7 nitrogen and oxygen atoms in total. The van der Waals surface area contributed by atoms with Crippen LogP contribution >= 0.6 is 0 Å². The standard InChI is InChI=1S/C13H23N5O2/c1-5-7-15-12-16-9-10(18(19)20)11(17-12)14-8-6-13(2,3)4/h9H,5-8H2,1-4H3,(H2,14,15,16,17). The highest BCUT2D eigenvalue weighted by Crippen LogP contribution is 2.23. The summed E-state index contributed by atoms with van der Waals surface area (Å²) in [7, 11) is 0. The minimum Gasteiger partial charge on any atom is -0.364 e. The van der Waals surface area contributed by atoms with Gasteiger partial charge in [0.2, 0.25) is 11.8 Å². The number of hydrogen-bond donors (Lipinski definition) is 2. The largest absolute Gasteiger partial charge is 0.364 e. The molecule has 0 amide bonds. The van der Waals surface area contributed by atoms with Gasteiger partial charge in [-0.2, -0.15) is 4.98 Å². The normalized spacial score (nSPS) is 11.2. The van der Waals surface area contributed by atoms with Crippen molar-refractivity contribution < 1.29 is 4.92 Å². The second kappa shape index (κ2) is 7.02. The molecule has 1 aromatic heterocycles. The topological polar surface area (TPSA) is 93.0 Å². The van der Waals surface area contributed by atoms with E-state index in [4.69, 9.17) is 0 Å². The van der Waals surface area contributed by atoms with E-state index in [1.807, 2.05) is 6.92 Å². The van der Waals surface area contributed by atoms with E-state index in [-0.39, 0.29) is 16.9 Å². The number of nitrogens with zero attached hydrogens (tertiary/aromatic N) is 3. The fourth-order valence-corrected chi connectivity index (χ4v) is 1.52. The molecule has 0 aliphatic carbocycles. The molecule has 0 radical (unpaired) electrons. The summed E-state index contributed by atoms with van der Waals surface area (Å²) in [6.07, 6.45) is 3.07. The molecule has 0 aromatic carbocycles. The highest BCUT2D eigenvalue weighted by Gasteiger charge is 2.18. The average molecular weight is 281 g/mol. The van der Waals surface area contributed by atoms with Crippen molar-refractivity contribution in [2.75, 3.05) is 23.7 Å². The van der Waals surface area contributed by atoms with E-state index in [0.717, 1.165) is 19.4 Å². The van der Waals surface area contributed by atoms with Crippen LogP contribution in [0.15, 0.2) is 6.20 Å². The van der Waals surface area contributed by atoms with Gasteiger partial charge in [-0.3, -0.25) is 10.1 Å². The van der Waals surface area contributed by atoms with Crippen LogP contribution in [0.1, 0.15) is 40.5 Å². The van der Waals surface area contributed by atoms with Gasteiger partial charge in [0.25, 0.3) is 0 Å². The minimum atomic E-state index is -0.469. The molecule has 0 unspecified atom stereocenters. The van der Waals surface area contributed by atoms with Crippen molar-refractivity contribution in [2.24, 2.45) is 5.41 Å².